The molecule has 14 heteroatoms. The number of ether oxygens (including phenoxy) is 10. The molecule has 0 aromatic heterocycles. The van der Waals surface area contributed by atoms with Gasteiger partial charge < -0.3 is 62.7 Å². The first-order valence-electron chi connectivity index (χ1n) is 23.2. The van der Waals surface area contributed by atoms with Gasteiger partial charge in [0, 0.05) is 51.7 Å². The molecule has 6 aliphatic heterocycles. The number of carbonyl (C=O) groups is 1. The van der Waals surface area contributed by atoms with Crippen LogP contribution in [0.3, 0.4) is 0 Å². The van der Waals surface area contributed by atoms with E-state index >= 15 is 0 Å². The van der Waals surface area contributed by atoms with Crippen LogP contribution in [0.15, 0.2) is 59.3 Å². The van der Waals surface area contributed by atoms with Gasteiger partial charge in [0.1, 0.15) is 42.0 Å². The van der Waals surface area contributed by atoms with Gasteiger partial charge in [-0.15, -0.1) is 0 Å². The predicted octanol–water partition coefficient (Wildman–Crippen LogP) is 5.77. The van der Waals surface area contributed by atoms with E-state index in [2.05, 4.69) is 39.8 Å². The maximum Gasteiger partial charge on any atom is 0.316 e. The maximum atomic E-state index is 14.4. The van der Waals surface area contributed by atoms with Crippen LogP contribution in [0.5, 0.6) is 0 Å². The van der Waals surface area contributed by atoms with Gasteiger partial charge in [-0.3, -0.25) is 4.79 Å². The Morgan fingerprint density at radius 3 is 2.38 bits per heavy atom. The Morgan fingerprint density at radius 2 is 1.67 bits per heavy atom. The summed E-state index contributed by atoms with van der Waals surface area (Å²) in [5, 5.41) is 34.5. The van der Waals surface area contributed by atoms with Crippen LogP contribution in [0.4, 0.5) is 0 Å². The number of rotatable bonds is 8. The highest BCUT2D eigenvalue weighted by Crippen LogP contribution is 2.47. The average molecular weight is 887 g/mol. The van der Waals surface area contributed by atoms with E-state index in [0.717, 1.165) is 12.0 Å². The van der Waals surface area contributed by atoms with E-state index < -0.39 is 96.4 Å². The Morgan fingerprint density at radius 1 is 0.921 bits per heavy atom. The van der Waals surface area contributed by atoms with Gasteiger partial charge in [-0.1, -0.05) is 70.6 Å². The van der Waals surface area contributed by atoms with Crippen LogP contribution in [-0.2, 0) is 52.2 Å². The van der Waals surface area contributed by atoms with Crippen LogP contribution in [0.1, 0.15) is 101 Å². The highest BCUT2D eigenvalue weighted by atomic mass is 16.7. The minimum Gasteiger partial charge on any atom is -0.462 e. The van der Waals surface area contributed by atoms with Gasteiger partial charge in [0.2, 0.25) is 0 Å². The van der Waals surface area contributed by atoms with E-state index in [-0.39, 0.29) is 36.6 Å². The second-order valence-electron chi connectivity index (χ2n) is 19.6. The van der Waals surface area contributed by atoms with Crippen LogP contribution >= 0.6 is 0 Å². The van der Waals surface area contributed by atoms with Gasteiger partial charge in [0.15, 0.2) is 18.4 Å². The van der Waals surface area contributed by atoms with Gasteiger partial charge in [0.05, 0.1) is 48.8 Å². The Bertz CT molecular complexity index is 1780. The van der Waals surface area contributed by atoms with Crippen molar-refractivity contribution in [2.24, 2.45) is 23.7 Å². The molecule has 2 bridgehead atoms. The van der Waals surface area contributed by atoms with E-state index in [1.807, 2.05) is 39.0 Å². The topological polar surface area (TPSA) is 170 Å². The molecule has 0 unspecified atom stereocenters. The Hall–Kier alpha value is -2.31. The molecule has 1 spiro atoms. The molecule has 7 rings (SSSR count). The zero-order valence-corrected chi connectivity index (χ0v) is 39.1. The second-order valence-corrected chi connectivity index (χ2v) is 19.6. The fourth-order valence-corrected chi connectivity index (χ4v) is 10.8. The van der Waals surface area contributed by atoms with Crippen LogP contribution in [-0.4, -0.2) is 139 Å². The zero-order valence-electron chi connectivity index (χ0n) is 39.1. The van der Waals surface area contributed by atoms with Crippen molar-refractivity contribution in [2.75, 3.05) is 20.8 Å². The largest absolute Gasteiger partial charge is 0.462 e. The monoisotopic (exact) mass is 887 g/mol. The van der Waals surface area contributed by atoms with Crippen molar-refractivity contribution < 1.29 is 67.5 Å². The molecule has 4 saturated heterocycles. The Balaban J connectivity index is 1.18. The molecule has 1 aliphatic carbocycles. The minimum atomic E-state index is -1.84. The summed E-state index contributed by atoms with van der Waals surface area (Å²) in [6.45, 7) is 17.9. The summed E-state index contributed by atoms with van der Waals surface area (Å²) >= 11 is 0. The number of allylic oxidation sites excluding steroid dienone is 2. The van der Waals surface area contributed by atoms with Crippen molar-refractivity contribution in [3.05, 3.63) is 59.3 Å². The van der Waals surface area contributed by atoms with E-state index in [9.17, 15) is 20.1 Å². The molecule has 20 atom stereocenters. The number of methoxy groups -OCH3 is 2. The summed E-state index contributed by atoms with van der Waals surface area (Å²) in [5.41, 5.74) is -0.713. The second kappa shape index (κ2) is 19.5. The van der Waals surface area contributed by atoms with Crippen LogP contribution < -0.4 is 0 Å². The molecule has 63 heavy (non-hydrogen) atoms. The molecule has 14 nitrogen and oxygen atoms in total. The lowest BCUT2D eigenvalue weighted by Crippen LogP contribution is -2.58. The highest BCUT2D eigenvalue weighted by Gasteiger charge is 2.60. The standard InChI is InChI=1S/C49H74O14/c1-12-26(2)42-29(5)18-19-48(63-42)23-35-21-34(62-48)17-16-28(4)41(27(3)14-13-15-33-25-56-45-40(50)30(6)20-36(46(52)59-35)49(33,45)53)60-38-22-37(54-10)43(31(7)57-38)61-39-24-47(9,55-11)44(51)32(8)58-39/h13-16,18-20,26-27,29,31-32,34-45,50-51,53H,12,17,21-25H2,1-11H3/b14-13+,28-16+,33-15+/t26-,27-,29-,31-,32-,34+,35-,36-,37-,38-,39+,40+,41-,42+,43-,44-,45+,47+,48+,49+/m0/s1. The molecule has 3 N–H and O–H groups in total. The molecule has 0 aromatic carbocycles. The Labute approximate surface area is 373 Å². The lowest BCUT2D eigenvalue weighted by molar-refractivity contribution is -0.328. The van der Waals surface area contributed by atoms with E-state index in [4.69, 9.17) is 47.4 Å². The molecule has 6 heterocycles. The predicted molar refractivity (Wildman–Crippen MR) is 232 cm³/mol. The summed E-state index contributed by atoms with van der Waals surface area (Å²) in [5.74, 6) is -2.57. The fourth-order valence-electron chi connectivity index (χ4n) is 10.8. The molecule has 4 fully saturated rings. The number of esters is 1. The van der Waals surface area contributed by atoms with Crippen LogP contribution in [0, 0.1) is 23.7 Å². The summed E-state index contributed by atoms with van der Waals surface area (Å²) < 4.78 is 64.1. The van der Waals surface area contributed by atoms with Gasteiger partial charge in [-0.25, -0.2) is 0 Å². The van der Waals surface area contributed by atoms with E-state index in [1.165, 1.54) is 0 Å². The number of aliphatic hydroxyl groups excluding tert-OH is 2. The normalized spacial score (nSPS) is 49.7. The summed E-state index contributed by atoms with van der Waals surface area (Å²) in [6.07, 6.45) is 8.75. The van der Waals surface area contributed by atoms with E-state index in [0.29, 0.717) is 43.3 Å². The first-order chi connectivity index (χ1) is 29.8. The molecular formula is C49H74O14. The number of hydrogen-bond donors (Lipinski definition) is 3. The lowest BCUT2D eigenvalue weighted by Gasteiger charge is -2.48. The van der Waals surface area contributed by atoms with E-state index in [1.54, 1.807) is 40.2 Å². The molecule has 0 radical (unpaired) electrons. The van der Waals surface area contributed by atoms with Crippen LogP contribution in [0.25, 0.3) is 0 Å². The molecular weight excluding hydrogens is 813 g/mol. The molecule has 0 saturated carbocycles. The molecule has 7 aliphatic rings. The summed E-state index contributed by atoms with van der Waals surface area (Å²) in [7, 11) is 3.23. The van der Waals surface area contributed by atoms with Crippen LogP contribution in [0.2, 0.25) is 0 Å². The van der Waals surface area contributed by atoms with Gasteiger partial charge >= 0.3 is 5.97 Å². The van der Waals surface area contributed by atoms with Crippen molar-refractivity contribution in [1.82, 2.24) is 0 Å². The third-order valence-electron chi connectivity index (χ3n) is 15.0. The van der Waals surface area contributed by atoms with Gasteiger partial charge in [0.25, 0.3) is 0 Å². The maximum absolute atomic E-state index is 14.4. The van der Waals surface area contributed by atoms with Crippen molar-refractivity contribution in [3.63, 3.8) is 0 Å². The number of hydrogen-bond acceptors (Lipinski definition) is 14. The fraction of sp³-hybridized carbons (Fsp3) is 0.776. The Kier molecular flexibility index (Phi) is 15.0. The first-order valence-corrected chi connectivity index (χ1v) is 23.2. The average Bonchev–Trinajstić information content (AvgIpc) is 3.59. The highest BCUT2D eigenvalue weighted by molar-refractivity contribution is 5.78. The van der Waals surface area contributed by atoms with Crippen molar-refractivity contribution in [3.8, 4) is 0 Å². The third kappa shape index (κ3) is 9.76. The molecule has 0 amide bonds. The smallest absolute Gasteiger partial charge is 0.316 e. The quantitative estimate of drug-likeness (QED) is 0.198. The molecule has 354 valence electrons. The SMILES string of the molecule is CC[C@H](C)[C@H]1O[C@]2(C=C[C@@H]1C)C[C@@H]1C[C@@H](C/C=C(\C)[C@@H](O[C@H]3C[C@H](OC)[C@@H](O[C@@H]4C[C@@](C)(OC)[C@@H](O)[C@H](C)O4)[C@H](C)O3)[C@@H](C)/C=C/C=C3\CO[C@@H]4[C@H](O)C(C)=C[C@@H](C(=O)O1)[C@]34O)O2. The summed E-state index contributed by atoms with van der Waals surface area (Å²) in [6, 6.07) is 0. The zero-order chi connectivity index (χ0) is 45.6. The van der Waals surface area contributed by atoms with Gasteiger partial charge in [-0.2, -0.15) is 0 Å². The molecule has 0 aromatic rings. The third-order valence-corrected chi connectivity index (χ3v) is 15.0. The van der Waals surface area contributed by atoms with Crippen molar-refractivity contribution in [2.45, 2.75) is 198 Å². The number of carbonyl (C=O) groups excluding carboxylic acids is 1. The summed E-state index contributed by atoms with van der Waals surface area (Å²) in [4.78, 5) is 14.4. The van der Waals surface area contributed by atoms with Crippen molar-refractivity contribution >= 4 is 5.97 Å². The first kappa shape index (κ1) is 48.6. The lowest BCUT2D eigenvalue weighted by atomic mass is 9.71. The number of aliphatic hydroxyl groups is 3. The van der Waals surface area contributed by atoms with Gasteiger partial charge in [-0.05, 0) is 69.8 Å². The minimum absolute atomic E-state index is 0.0303. The van der Waals surface area contributed by atoms with Crippen molar-refractivity contribution in [1.29, 1.82) is 0 Å². The number of fused-ring (bicyclic) bond motifs is 2.